The minimum Gasteiger partial charge on any atom is -0.425 e. The van der Waals surface area contributed by atoms with Crippen LogP contribution >= 0.6 is 11.6 Å². The highest BCUT2D eigenvalue weighted by atomic mass is 35.5. The van der Waals surface area contributed by atoms with Crippen molar-refractivity contribution >= 4 is 29.9 Å². The zero-order valence-electron chi connectivity index (χ0n) is 11.7. The van der Waals surface area contributed by atoms with E-state index in [0.717, 1.165) is 10.6 Å². The number of rotatable bonds is 5. The molecular formula is C14H16ClNO5. The summed E-state index contributed by atoms with van der Waals surface area (Å²) >= 11 is 5.77. The van der Waals surface area contributed by atoms with Gasteiger partial charge in [0.1, 0.15) is 12.4 Å². The smallest absolute Gasteiger partial charge is 0.425 e. The second-order valence-corrected chi connectivity index (χ2v) is 4.69. The van der Waals surface area contributed by atoms with E-state index in [1.54, 1.807) is 31.2 Å². The van der Waals surface area contributed by atoms with Gasteiger partial charge in [-0.2, -0.15) is 5.06 Å². The van der Waals surface area contributed by atoms with E-state index in [-0.39, 0.29) is 12.8 Å². The van der Waals surface area contributed by atoms with E-state index >= 15 is 0 Å². The van der Waals surface area contributed by atoms with Gasteiger partial charge < -0.3 is 14.4 Å². The topological polar surface area (TPSA) is 72.9 Å². The average molecular weight is 314 g/mol. The number of hydrogen-bond acceptors (Lipinski definition) is 5. The lowest BCUT2D eigenvalue weighted by atomic mass is 10.1. The van der Waals surface area contributed by atoms with E-state index in [1.165, 1.54) is 7.05 Å². The molecule has 6 nitrogen and oxygen atoms in total. The lowest BCUT2D eigenvalue weighted by Crippen LogP contribution is -2.30. The van der Waals surface area contributed by atoms with Crippen molar-refractivity contribution in [2.24, 2.45) is 0 Å². The first-order valence-electron chi connectivity index (χ1n) is 6.28. The molecule has 1 unspecified atom stereocenters. The van der Waals surface area contributed by atoms with Crippen LogP contribution in [-0.2, 0) is 19.2 Å². The Bertz CT molecular complexity index is 503. The second kappa shape index (κ2) is 8.26. The van der Waals surface area contributed by atoms with Crippen LogP contribution in [0.5, 0.6) is 0 Å². The fourth-order valence-corrected chi connectivity index (χ4v) is 1.60. The standard InChI is InChI=1S/C14H16ClNO5/c1-10(11-5-7-12(15)8-6-11)20-14(19)21-16(2)13(18)4-3-9-17/h5-10H,3-4H2,1-2H3. The van der Waals surface area contributed by atoms with Crippen LogP contribution in [0.2, 0.25) is 5.02 Å². The van der Waals surface area contributed by atoms with Crippen molar-refractivity contribution in [3.8, 4) is 0 Å². The molecule has 0 aliphatic heterocycles. The molecule has 0 aliphatic carbocycles. The number of carbonyl (C=O) groups excluding carboxylic acids is 3. The van der Waals surface area contributed by atoms with Crippen LogP contribution in [0.4, 0.5) is 4.79 Å². The first-order chi connectivity index (χ1) is 9.93. The van der Waals surface area contributed by atoms with E-state index in [4.69, 9.17) is 21.2 Å². The summed E-state index contributed by atoms with van der Waals surface area (Å²) in [5.41, 5.74) is 0.742. The van der Waals surface area contributed by atoms with E-state index < -0.39 is 18.2 Å². The Morgan fingerprint density at radius 2 is 1.95 bits per heavy atom. The summed E-state index contributed by atoms with van der Waals surface area (Å²) in [4.78, 5) is 37.9. The maximum atomic E-state index is 11.5. The monoisotopic (exact) mass is 313 g/mol. The van der Waals surface area contributed by atoms with Crippen LogP contribution in [0.25, 0.3) is 0 Å². The Labute approximate surface area is 127 Å². The number of carbonyl (C=O) groups is 3. The van der Waals surface area contributed by atoms with Gasteiger partial charge in [0.25, 0.3) is 5.91 Å². The van der Waals surface area contributed by atoms with Gasteiger partial charge in [-0.05, 0) is 24.6 Å². The summed E-state index contributed by atoms with van der Waals surface area (Å²) in [7, 11) is 1.28. The highest BCUT2D eigenvalue weighted by Gasteiger charge is 2.18. The summed E-state index contributed by atoms with van der Waals surface area (Å²) in [6, 6.07) is 6.80. The molecule has 1 rings (SSSR count). The van der Waals surface area contributed by atoms with Crippen molar-refractivity contribution in [1.29, 1.82) is 0 Å². The number of hydrogen-bond donors (Lipinski definition) is 0. The van der Waals surface area contributed by atoms with Crippen molar-refractivity contribution in [3.05, 3.63) is 34.9 Å². The van der Waals surface area contributed by atoms with Crippen LogP contribution in [-0.4, -0.2) is 30.5 Å². The molecule has 114 valence electrons. The van der Waals surface area contributed by atoms with Gasteiger partial charge in [0.05, 0.1) is 0 Å². The lowest BCUT2D eigenvalue weighted by Gasteiger charge is -2.18. The second-order valence-electron chi connectivity index (χ2n) is 4.25. The number of benzene rings is 1. The molecule has 1 aromatic carbocycles. The van der Waals surface area contributed by atoms with Crippen molar-refractivity contribution in [3.63, 3.8) is 0 Å². The number of amides is 1. The molecule has 0 spiro atoms. The van der Waals surface area contributed by atoms with Crippen molar-refractivity contribution in [2.75, 3.05) is 7.05 Å². The summed E-state index contributed by atoms with van der Waals surface area (Å²) in [5.74, 6) is -0.488. The predicted molar refractivity (Wildman–Crippen MR) is 75.5 cm³/mol. The molecule has 0 aromatic heterocycles. The molecule has 0 N–H and O–H groups in total. The molecule has 1 amide bonds. The quantitative estimate of drug-likeness (QED) is 0.475. The third-order valence-electron chi connectivity index (χ3n) is 2.65. The van der Waals surface area contributed by atoms with Crippen molar-refractivity contribution < 1.29 is 24.0 Å². The molecule has 0 aliphatic rings. The minimum absolute atomic E-state index is 0.0278. The molecule has 1 aromatic rings. The molecule has 0 saturated carbocycles. The SMILES string of the molecule is CC(OC(=O)ON(C)C(=O)CCC=O)c1ccc(Cl)cc1. The molecule has 7 heteroatoms. The molecule has 0 radical (unpaired) electrons. The van der Waals surface area contributed by atoms with Crippen LogP contribution in [0.3, 0.4) is 0 Å². The predicted octanol–water partition coefficient (Wildman–Crippen LogP) is 2.91. The first kappa shape index (κ1) is 17.0. The van der Waals surface area contributed by atoms with Gasteiger partial charge in [0, 0.05) is 24.9 Å². The Balaban J connectivity index is 2.47. The normalized spacial score (nSPS) is 11.4. The Hall–Kier alpha value is -2.08. The van der Waals surface area contributed by atoms with E-state index in [9.17, 15) is 14.4 Å². The van der Waals surface area contributed by atoms with Gasteiger partial charge in [-0.15, -0.1) is 0 Å². The fraction of sp³-hybridized carbons (Fsp3) is 0.357. The van der Waals surface area contributed by atoms with Crippen LogP contribution < -0.4 is 0 Å². The highest BCUT2D eigenvalue weighted by Crippen LogP contribution is 2.19. The third-order valence-corrected chi connectivity index (χ3v) is 2.90. The number of nitrogens with zero attached hydrogens (tertiary/aromatic N) is 1. The van der Waals surface area contributed by atoms with Gasteiger partial charge in [-0.3, -0.25) is 4.79 Å². The van der Waals surface area contributed by atoms with Gasteiger partial charge in [-0.1, -0.05) is 23.7 Å². The average Bonchev–Trinajstić information content (AvgIpc) is 2.45. The van der Waals surface area contributed by atoms with E-state index in [0.29, 0.717) is 11.3 Å². The molecule has 0 heterocycles. The molecule has 0 bridgehead atoms. The zero-order chi connectivity index (χ0) is 15.8. The zero-order valence-corrected chi connectivity index (χ0v) is 12.5. The van der Waals surface area contributed by atoms with E-state index in [1.807, 2.05) is 0 Å². The molecule has 21 heavy (non-hydrogen) atoms. The Morgan fingerprint density at radius 3 is 2.52 bits per heavy atom. The maximum Gasteiger partial charge on any atom is 0.534 e. The largest absolute Gasteiger partial charge is 0.534 e. The summed E-state index contributed by atoms with van der Waals surface area (Å²) in [6.45, 7) is 1.67. The Kier molecular flexibility index (Phi) is 6.68. The number of hydroxylamine groups is 2. The van der Waals surface area contributed by atoms with E-state index in [2.05, 4.69) is 0 Å². The van der Waals surface area contributed by atoms with Crippen molar-refractivity contribution in [2.45, 2.75) is 25.9 Å². The maximum absolute atomic E-state index is 11.5. The van der Waals surface area contributed by atoms with Gasteiger partial charge in [0.2, 0.25) is 0 Å². The van der Waals surface area contributed by atoms with Crippen molar-refractivity contribution in [1.82, 2.24) is 5.06 Å². The van der Waals surface area contributed by atoms with Crippen LogP contribution in [0, 0.1) is 0 Å². The molecule has 0 fully saturated rings. The third kappa shape index (κ3) is 5.83. The number of halogens is 1. The number of aldehydes is 1. The van der Waals surface area contributed by atoms with Crippen LogP contribution in [0.1, 0.15) is 31.4 Å². The fourth-order valence-electron chi connectivity index (χ4n) is 1.47. The van der Waals surface area contributed by atoms with Crippen LogP contribution in [0.15, 0.2) is 24.3 Å². The lowest BCUT2D eigenvalue weighted by molar-refractivity contribution is -0.168. The summed E-state index contributed by atoms with van der Waals surface area (Å²) in [5, 5.41) is 1.33. The van der Waals surface area contributed by atoms with Gasteiger partial charge >= 0.3 is 6.16 Å². The number of ether oxygens (including phenoxy) is 1. The first-order valence-corrected chi connectivity index (χ1v) is 6.66. The Morgan fingerprint density at radius 1 is 1.33 bits per heavy atom. The summed E-state index contributed by atoms with van der Waals surface area (Å²) < 4.78 is 5.03. The molecular weight excluding hydrogens is 298 g/mol. The van der Waals surface area contributed by atoms with Gasteiger partial charge in [0.15, 0.2) is 0 Å². The molecule has 1 atom stereocenters. The highest BCUT2D eigenvalue weighted by molar-refractivity contribution is 6.30. The molecule has 0 saturated heterocycles. The minimum atomic E-state index is -1.00. The summed E-state index contributed by atoms with van der Waals surface area (Å²) in [6.07, 6.45) is -0.886. The van der Waals surface area contributed by atoms with Gasteiger partial charge in [-0.25, -0.2) is 4.79 Å².